The molecule has 1 aromatic rings. The summed E-state index contributed by atoms with van der Waals surface area (Å²) in [6.07, 6.45) is 2.08. The number of piperidine rings is 1. The van der Waals surface area contributed by atoms with Gasteiger partial charge < -0.3 is 15.4 Å². The topological polar surface area (TPSA) is 33.3 Å². The Morgan fingerprint density at radius 1 is 1.29 bits per heavy atom. The zero-order chi connectivity index (χ0) is 12.1. The van der Waals surface area contributed by atoms with Crippen molar-refractivity contribution in [2.75, 3.05) is 18.4 Å². The molecule has 1 aromatic carbocycles. The molecule has 0 aliphatic carbocycles. The van der Waals surface area contributed by atoms with Gasteiger partial charge in [0.15, 0.2) is 0 Å². The summed E-state index contributed by atoms with van der Waals surface area (Å²) in [5.74, 6) is 0.193. The molecule has 0 bridgehead atoms. The number of nitrogens with one attached hydrogen (secondary N) is 2. The molecule has 2 rings (SSSR count). The van der Waals surface area contributed by atoms with Crippen molar-refractivity contribution in [3.8, 4) is 5.75 Å². The van der Waals surface area contributed by atoms with Crippen molar-refractivity contribution in [2.24, 2.45) is 0 Å². The Labute approximate surface area is 99.2 Å². The van der Waals surface area contributed by atoms with E-state index in [1.807, 2.05) is 6.07 Å². The van der Waals surface area contributed by atoms with Crippen LogP contribution in [0.3, 0.4) is 0 Å². The first-order valence-electron chi connectivity index (χ1n) is 5.76. The van der Waals surface area contributed by atoms with Gasteiger partial charge in [-0.1, -0.05) is 6.07 Å². The van der Waals surface area contributed by atoms with Gasteiger partial charge in [-0.3, -0.25) is 0 Å². The van der Waals surface area contributed by atoms with E-state index in [-0.39, 0.29) is 5.75 Å². The third-order valence-corrected chi connectivity index (χ3v) is 2.77. The Morgan fingerprint density at radius 3 is 2.76 bits per heavy atom. The molecule has 1 fully saturated rings. The molecular weight excluding hydrogens is 226 g/mol. The normalized spacial score (nSPS) is 17.1. The number of hydrogen-bond donors (Lipinski definition) is 2. The Morgan fingerprint density at radius 2 is 2.06 bits per heavy atom. The van der Waals surface area contributed by atoms with Crippen molar-refractivity contribution in [3.63, 3.8) is 0 Å². The second kappa shape index (κ2) is 5.82. The van der Waals surface area contributed by atoms with Crippen LogP contribution in [0.2, 0.25) is 0 Å². The van der Waals surface area contributed by atoms with Crippen LogP contribution in [0.25, 0.3) is 0 Å². The molecule has 0 unspecified atom stereocenters. The Bertz CT molecular complexity index is 354. The highest BCUT2D eigenvalue weighted by atomic mass is 19.3. The zero-order valence-electron chi connectivity index (χ0n) is 9.46. The van der Waals surface area contributed by atoms with E-state index in [2.05, 4.69) is 15.4 Å². The number of ether oxygens (including phenoxy) is 1. The van der Waals surface area contributed by atoms with Gasteiger partial charge in [-0.15, -0.1) is 0 Å². The van der Waals surface area contributed by atoms with Gasteiger partial charge >= 0.3 is 6.61 Å². The smallest absolute Gasteiger partial charge is 0.387 e. The van der Waals surface area contributed by atoms with Gasteiger partial charge in [0.2, 0.25) is 0 Å². The van der Waals surface area contributed by atoms with Crippen LogP contribution in [-0.2, 0) is 0 Å². The predicted octanol–water partition coefficient (Wildman–Crippen LogP) is 2.45. The number of hydrogen-bond acceptors (Lipinski definition) is 3. The summed E-state index contributed by atoms with van der Waals surface area (Å²) in [5, 5.41) is 6.60. The highest BCUT2D eigenvalue weighted by molar-refractivity contribution is 5.48. The van der Waals surface area contributed by atoms with Gasteiger partial charge in [-0.2, -0.15) is 8.78 Å². The van der Waals surface area contributed by atoms with Crippen molar-refractivity contribution >= 4 is 5.69 Å². The quantitative estimate of drug-likeness (QED) is 0.850. The second-order valence-corrected chi connectivity index (χ2v) is 4.07. The number of halogens is 2. The molecule has 17 heavy (non-hydrogen) atoms. The Kier molecular flexibility index (Phi) is 4.14. The molecule has 0 atom stereocenters. The standard InChI is InChI=1S/C12H16F2N2O/c13-12(14)17-11-3-1-2-10(8-11)16-9-4-6-15-7-5-9/h1-3,8-9,12,15-16H,4-7H2. The third-order valence-electron chi connectivity index (χ3n) is 2.77. The van der Waals surface area contributed by atoms with Crippen molar-refractivity contribution < 1.29 is 13.5 Å². The largest absolute Gasteiger partial charge is 0.435 e. The summed E-state index contributed by atoms with van der Waals surface area (Å²) in [5.41, 5.74) is 0.829. The fourth-order valence-electron chi connectivity index (χ4n) is 1.96. The molecule has 0 saturated carbocycles. The molecule has 0 amide bonds. The molecule has 1 saturated heterocycles. The van der Waals surface area contributed by atoms with E-state index in [1.165, 1.54) is 6.07 Å². The minimum atomic E-state index is -2.77. The molecule has 94 valence electrons. The minimum Gasteiger partial charge on any atom is -0.435 e. The predicted molar refractivity (Wildman–Crippen MR) is 62.6 cm³/mol. The first-order chi connectivity index (χ1) is 8.24. The Hall–Kier alpha value is -1.36. The molecule has 5 heteroatoms. The average molecular weight is 242 g/mol. The van der Waals surface area contributed by atoms with Gasteiger partial charge in [0, 0.05) is 17.8 Å². The maximum Gasteiger partial charge on any atom is 0.387 e. The number of benzene rings is 1. The molecule has 0 spiro atoms. The van der Waals surface area contributed by atoms with E-state index in [4.69, 9.17) is 0 Å². The van der Waals surface area contributed by atoms with Gasteiger partial charge in [-0.25, -0.2) is 0 Å². The van der Waals surface area contributed by atoms with Gasteiger partial charge in [0.05, 0.1) is 0 Å². The van der Waals surface area contributed by atoms with Crippen molar-refractivity contribution in [1.82, 2.24) is 5.32 Å². The molecule has 0 aromatic heterocycles. The van der Waals surface area contributed by atoms with Gasteiger partial charge in [-0.05, 0) is 38.1 Å². The van der Waals surface area contributed by atoms with Crippen LogP contribution < -0.4 is 15.4 Å². The molecule has 3 nitrogen and oxygen atoms in total. The SMILES string of the molecule is FC(F)Oc1cccc(NC2CCNCC2)c1. The molecule has 1 heterocycles. The highest BCUT2D eigenvalue weighted by Crippen LogP contribution is 2.21. The summed E-state index contributed by atoms with van der Waals surface area (Å²) < 4.78 is 28.5. The maximum absolute atomic E-state index is 12.1. The lowest BCUT2D eigenvalue weighted by molar-refractivity contribution is -0.0498. The summed E-state index contributed by atoms with van der Waals surface area (Å²) in [6, 6.07) is 7.10. The van der Waals surface area contributed by atoms with E-state index < -0.39 is 6.61 Å². The molecule has 1 aliphatic heterocycles. The molecule has 2 N–H and O–H groups in total. The Balaban J connectivity index is 1.95. The van der Waals surface area contributed by atoms with Crippen molar-refractivity contribution in [2.45, 2.75) is 25.5 Å². The van der Waals surface area contributed by atoms with E-state index in [9.17, 15) is 8.78 Å². The van der Waals surface area contributed by atoms with Crippen molar-refractivity contribution in [1.29, 1.82) is 0 Å². The highest BCUT2D eigenvalue weighted by Gasteiger charge is 2.12. The minimum absolute atomic E-state index is 0.193. The lowest BCUT2D eigenvalue weighted by Crippen LogP contribution is -2.35. The summed E-state index contributed by atoms with van der Waals surface area (Å²) in [4.78, 5) is 0. The fourth-order valence-corrected chi connectivity index (χ4v) is 1.96. The first-order valence-corrected chi connectivity index (χ1v) is 5.76. The van der Waals surface area contributed by atoms with Crippen LogP contribution in [0.5, 0.6) is 5.75 Å². The number of rotatable bonds is 4. The summed E-state index contributed by atoms with van der Waals surface area (Å²) >= 11 is 0. The fraction of sp³-hybridized carbons (Fsp3) is 0.500. The zero-order valence-corrected chi connectivity index (χ0v) is 9.46. The summed E-state index contributed by atoms with van der Waals surface area (Å²) in [7, 11) is 0. The van der Waals surface area contributed by atoms with Gasteiger partial charge in [0.1, 0.15) is 5.75 Å². The van der Waals surface area contributed by atoms with Crippen LogP contribution in [0.4, 0.5) is 14.5 Å². The number of anilines is 1. The van der Waals surface area contributed by atoms with Gasteiger partial charge in [0.25, 0.3) is 0 Å². The second-order valence-electron chi connectivity index (χ2n) is 4.07. The number of alkyl halides is 2. The van der Waals surface area contributed by atoms with Crippen LogP contribution >= 0.6 is 0 Å². The maximum atomic E-state index is 12.1. The first kappa shape index (κ1) is 12.1. The van der Waals surface area contributed by atoms with E-state index in [0.29, 0.717) is 6.04 Å². The van der Waals surface area contributed by atoms with E-state index in [0.717, 1.165) is 31.6 Å². The monoisotopic (exact) mass is 242 g/mol. The van der Waals surface area contributed by atoms with Crippen LogP contribution in [0, 0.1) is 0 Å². The van der Waals surface area contributed by atoms with E-state index >= 15 is 0 Å². The lowest BCUT2D eigenvalue weighted by Gasteiger charge is -2.24. The molecule has 0 radical (unpaired) electrons. The van der Waals surface area contributed by atoms with E-state index in [1.54, 1.807) is 12.1 Å². The van der Waals surface area contributed by atoms with Crippen molar-refractivity contribution in [3.05, 3.63) is 24.3 Å². The average Bonchev–Trinajstić information content (AvgIpc) is 2.30. The molecule has 1 aliphatic rings. The molecular formula is C12H16F2N2O. The third kappa shape index (κ3) is 3.85. The lowest BCUT2D eigenvalue weighted by atomic mass is 10.1. The van der Waals surface area contributed by atoms with Crippen LogP contribution in [0.1, 0.15) is 12.8 Å². The van der Waals surface area contributed by atoms with Crippen LogP contribution in [0.15, 0.2) is 24.3 Å². The summed E-state index contributed by atoms with van der Waals surface area (Å²) in [6.45, 7) is -0.792. The van der Waals surface area contributed by atoms with Crippen LogP contribution in [-0.4, -0.2) is 25.7 Å².